The van der Waals surface area contributed by atoms with Crippen LogP contribution in [0.25, 0.3) is 20.8 Å². The maximum atomic E-state index is 13.5. The minimum absolute atomic E-state index is 0.0409. The van der Waals surface area contributed by atoms with Gasteiger partial charge in [-0.3, -0.25) is 9.69 Å². The van der Waals surface area contributed by atoms with E-state index in [2.05, 4.69) is 44.2 Å². The Morgan fingerprint density at radius 3 is 2.21 bits per heavy atom. The van der Waals surface area contributed by atoms with E-state index in [-0.39, 0.29) is 11.9 Å². The van der Waals surface area contributed by atoms with E-state index in [0.717, 1.165) is 37.7 Å². The second-order valence-electron chi connectivity index (χ2n) is 10.4. The molecule has 5 aromatic rings. The summed E-state index contributed by atoms with van der Waals surface area (Å²) in [6.45, 7) is 4.37. The number of β-lactam (4-membered cyclic amide) rings is 1. The molecule has 196 valence electrons. The maximum absolute atomic E-state index is 13.5. The third-order valence-electron chi connectivity index (χ3n) is 7.29. The summed E-state index contributed by atoms with van der Waals surface area (Å²) in [6, 6.07) is 32.5. The second kappa shape index (κ2) is 10.2. The van der Waals surface area contributed by atoms with Gasteiger partial charge in [-0.05, 0) is 77.7 Å². The number of anilines is 2. The van der Waals surface area contributed by atoms with E-state index >= 15 is 0 Å². The smallest absolute Gasteiger partial charge is 0.271 e. The Labute approximate surface area is 233 Å². The van der Waals surface area contributed by atoms with Crippen LogP contribution in [-0.4, -0.2) is 31.1 Å². The van der Waals surface area contributed by atoms with Crippen molar-refractivity contribution in [3.8, 4) is 16.3 Å². The lowest BCUT2D eigenvalue weighted by Crippen LogP contribution is -2.61. The van der Waals surface area contributed by atoms with Crippen molar-refractivity contribution in [3.63, 3.8) is 0 Å². The van der Waals surface area contributed by atoms with Gasteiger partial charge in [0.05, 0.1) is 10.2 Å². The molecule has 1 aromatic heterocycles. The third kappa shape index (κ3) is 4.77. The topological polar surface area (TPSA) is 45.7 Å². The van der Waals surface area contributed by atoms with Gasteiger partial charge in [0.1, 0.15) is 16.8 Å². The van der Waals surface area contributed by atoms with E-state index in [0.29, 0.717) is 11.7 Å². The first kappa shape index (κ1) is 25.1. The predicted octanol–water partition coefficient (Wildman–Crippen LogP) is 7.69. The van der Waals surface area contributed by atoms with Gasteiger partial charge < -0.3 is 9.64 Å². The highest BCUT2D eigenvalue weighted by atomic mass is 32.1. The van der Waals surface area contributed by atoms with Crippen molar-refractivity contribution in [3.05, 3.63) is 108 Å². The van der Waals surface area contributed by atoms with Crippen LogP contribution in [0.1, 0.15) is 36.9 Å². The Morgan fingerprint density at radius 2 is 1.56 bits per heavy atom. The third-order valence-corrected chi connectivity index (χ3v) is 8.38. The van der Waals surface area contributed by atoms with E-state index in [1.54, 1.807) is 11.3 Å². The van der Waals surface area contributed by atoms with Crippen LogP contribution in [0.5, 0.6) is 5.75 Å². The summed E-state index contributed by atoms with van der Waals surface area (Å²) < 4.78 is 7.52. The molecule has 0 aliphatic carbocycles. The monoisotopic (exact) mass is 533 g/mol. The number of para-hydroxylation sites is 1. The Morgan fingerprint density at radius 1 is 0.872 bits per heavy atom. The summed E-state index contributed by atoms with van der Waals surface area (Å²) in [7, 11) is 4.02. The number of fused-ring (bicyclic) bond motifs is 1. The molecule has 6 rings (SSSR count). The first-order valence-electron chi connectivity index (χ1n) is 13.2. The fourth-order valence-electron chi connectivity index (χ4n) is 5.00. The standard InChI is InChI=1S/C33H31N3O2S/c1-21(2)22-9-11-23(12-10-22)30-31(33(37)36(30)26-17-15-25(16-18-26)35(3)4)38-27-19-13-24(14-20-27)32-34-28-7-5-6-8-29(28)39-32/h5-21,30-31H,1-4H3/t30-,31+/m0/s1. The van der Waals surface area contributed by atoms with Crippen LogP contribution < -0.4 is 14.5 Å². The SMILES string of the molecule is CC(C)c1ccc([C@H]2[C@@H](Oc3ccc(-c4nc5ccccc5s4)cc3)C(=O)N2c2ccc(N(C)C)cc2)cc1. The first-order valence-corrected chi connectivity index (χ1v) is 14.0. The van der Waals surface area contributed by atoms with Gasteiger partial charge in [-0.1, -0.05) is 50.2 Å². The van der Waals surface area contributed by atoms with Crippen molar-refractivity contribution in [2.24, 2.45) is 0 Å². The lowest BCUT2D eigenvalue weighted by Gasteiger charge is -2.46. The van der Waals surface area contributed by atoms with Crippen molar-refractivity contribution < 1.29 is 9.53 Å². The van der Waals surface area contributed by atoms with Crippen molar-refractivity contribution >= 4 is 38.8 Å². The minimum Gasteiger partial charge on any atom is -0.478 e. The lowest BCUT2D eigenvalue weighted by molar-refractivity contribution is -0.135. The first-order chi connectivity index (χ1) is 18.9. The van der Waals surface area contributed by atoms with E-state index in [1.165, 1.54) is 5.56 Å². The Hall–Kier alpha value is -4.16. The minimum atomic E-state index is -0.600. The normalized spacial score (nSPS) is 16.9. The molecule has 0 bridgehead atoms. The maximum Gasteiger partial charge on any atom is 0.271 e. The number of carbonyl (C=O) groups excluding carboxylic acids is 1. The number of hydrogen-bond acceptors (Lipinski definition) is 5. The Bertz CT molecular complexity index is 1570. The van der Waals surface area contributed by atoms with E-state index in [4.69, 9.17) is 9.72 Å². The molecule has 39 heavy (non-hydrogen) atoms. The average molecular weight is 534 g/mol. The number of carbonyl (C=O) groups is 1. The molecule has 1 aliphatic heterocycles. The van der Waals surface area contributed by atoms with Crippen molar-refractivity contribution in [2.75, 3.05) is 23.9 Å². The van der Waals surface area contributed by atoms with Gasteiger partial charge in [0.15, 0.2) is 0 Å². The van der Waals surface area contributed by atoms with Gasteiger partial charge in [0.25, 0.3) is 5.91 Å². The molecule has 0 saturated carbocycles. The predicted molar refractivity (Wildman–Crippen MR) is 161 cm³/mol. The molecule has 0 unspecified atom stereocenters. The summed E-state index contributed by atoms with van der Waals surface area (Å²) in [6.07, 6.45) is -0.600. The molecule has 0 spiro atoms. The summed E-state index contributed by atoms with van der Waals surface area (Å²) in [5.74, 6) is 1.07. The summed E-state index contributed by atoms with van der Waals surface area (Å²) in [5, 5.41) is 0.970. The molecule has 1 aliphatic rings. The number of benzene rings is 4. The molecule has 1 saturated heterocycles. The number of aromatic nitrogens is 1. The number of hydrogen-bond donors (Lipinski definition) is 0. The Balaban J connectivity index is 1.27. The van der Waals surface area contributed by atoms with Gasteiger partial charge >= 0.3 is 0 Å². The van der Waals surface area contributed by atoms with E-state index in [1.807, 2.05) is 90.6 Å². The van der Waals surface area contributed by atoms with Crippen molar-refractivity contribution in [1.82, 2.24) is 4.98 Å². The molecule has 1 amide bonds. The van der Waals surface area contributed by atoms with Gasteiger partial charge in [0.2, 0.25) is 6.10 Å². The summed E-state index contributed by atoms with van der Waals surface area (Å²) in [4.78, 5) is 22.2. The molecule has 2 atom stereocenters. The van der Waals surface area contributed by atoms with Crippen LogP contribution in [0.2, 0.25) is 0 Å². The zero-order chi connectivity index (χ0) is 27.1. The fraction of sp³-hybridized carbons (Fsp3) is 0.212. The van der Waals surface area contributed by atoms with E-state index in [9.17, 15) is 4.79 Å². The van der Waals surface area contributed by atoms with Gasteiger partial charge in [0, 0.05) is 31.0 Å². The largest absolute Gasteiger partial charge is 0.478 e. The molecular weight excluding hydrogens is 502 g/mol. The highest BCUT2D eigenvalue weighted by Gasteiger charge is 2.51. The second-order valence-corrected chi connectivity index (χ2v) is 11.5. The summed E-state index contributed by atoms with van der Waals surface area (Å²) >= 11 is 1.67. The van der Waals surface area contributed by atoms with Gasteiger partial charge in [-0.25, -0.2) is 4.98 Å². The Kier molecular flexibility index (Phi) is 6.57. The van der Waals surface area contributed by atoms with Crippen LogP contribution in [0.15, 0.2) is 97.1 Å². The summed E-state index contributed by atoms with van der Waals surface area (Å²) in [5.41, 5.74) is 6.33. The van der Waals surface area contributed by atoms with Crippen LogP contribution in [0.3, 0.4) is 0 Å². The van der Waals surface area contributed by atoms with Crippen LogP contribution in [0.4, 0.5) is 11.4 Å². The molecule has 1 fully saturated rings. The molecule has 0 N–H and O–H groups in total. The highest BCUT2D eigenvalue weighted by Crippen LogP contribution is 2.42. The molecule has 0 radical (unpaired) electrons. The highest BCUT2D eigenvalue weighted by molar-refractivity contribution is 7.21. The molecular formula is C33H31N3O2S. The van der Waals surface area contributed by atoms with Crippen LogP contribution in [0, 0.1) is 0 Å². The van der Waals surface area contributed by atoms with Crippen molar-refractivity contribution in [1.29, 1.82) is 0 Å². The van der Waals surface area contributed by atoms with Crippen LogP contribution in [-0.2, 0) is 4.79 Å². The average Bonchev–Trinajstić information content (AvgIpc) is 3.39. The number of rotatable bonds is 7. The quantitative estimate of drug-likeness (QED) is 0.201. The number of nitrogens with zero attached hydrogens (tertiary/aromatic N) is 3. The molecule has 6 heteroatoms. The lowest BCUT2D eigenvalue weighted by atomic mass is 9.88. The van der Waals surface area contributed by atoms with Crippen molar-refractivity contribution in [2.45, 2.75) is 31.9 Å². The molecule has 4 aromatic carbocycles. The van der Waals surface area contributed by atoms with Gasteiger partial charge in [-0.15, -0.1) is 11.3 Å². The van der Waals surface area contributed by atoms with E-state index < -0.39 is 6.10 Å². The number of amides is 1. The van der Waals surface area contributed by atoms with Gasteiger partial charge in [-0.2, -0.15) is 0 Å². The zero-order valence-electron chi connectivity index (χ0n) is 22.5. The molecule has 5 nitrogen and oxygen atoms in total. The number of ether oxygens (including phenoxy) is 1. The molecule has 2 heterocycles. The van der Waals surface area contributed by atoms with Crippen LogP contribution >= 0.6 is 11.3 Å². The fourth-order valence-corrected chi connectivity index (χ4v) is 5.97. The number of thiazole rings is 1. The zero-order valence-corrected chi connectivity index (χ0v) is 23.4.